The number of rotatable bonds is 4. The molecule has 1 amide bonds. The van der Waals surface area contributed by atoms with Gasteiger partial charge in [-0.25, -0.2) is 0 Å². The van der Waals surface area contributed by atoms with Gasteiger partial charge >= 0.3 is 0 Å². The second-order valence-electron chi connectivity index (χ2n) is 6.65. The molecule has 7 nitrogen and oxygen atoms in total. The predicted molar refractivity (Wildman–Crippen MR) is 95.8 cm³/mol. The molecule has 25 heavy (non-hydrogen) atoms. The summed E-state index contributed by atoms with van der Waals surface area (Å²) in [4.78, 5) is 16.2. The molecule has 0 radical (unpaired) electrons. The van der Waals surface area contributed by atoms with E-state index in [1.165, 1.54) is 0 Å². The molecule has 1 fully saturated rings. The monoisotopic (exact) mass is 364 g/mol. The van der Waals surface area contributed by atoms with Crippen LogP contribution in [0.15, 0.2) is 33.6 Å². The van der Waals surface area contributed by atoms with Gasteiger partial charge in [-0.1, -0.05) is 12.1 Å². The van der Waals surface area contributed by atoms with E-state index >= 15 is 0 Å². The van der Waals surface area contributed by atoms with Crippen molar-refractivity contribution in [2.24, 2.45) is 10.1 Å². The molecule has 1 saturated heterocycles. The Balaban J connectivity index is 1.57. The molecule has 2 aliphatic heterocycles. The average Bonchev–Trinajstić information content (AvgIpc) is 2.86. The van der Waals surface area contributed by atoms with Crippen molar-refractivity contribution in [2.45, 2.75) is 36.6 Å². The van der Waals surface area contributed by atoms with E-state index < -0.39 is 10.0 Å². The Labute approximate surface area is 148 Å². The Morgan fingerprint density at radius 2 is 2.16 bits per heavy atom. The molecule has 0 spiro atoms. The van der Waals surface area contributed by atoms with Crippen molar-refractivity contribution in [3.05, 3.63) is 29.8 Å². The SMILES string of the molecule is CN(CCCC(=O)N1CCCC(N)C1)C1=NS(=O)(=O)c2ccccc21. The standard InChI is InChI=1S/C17H24N4O3S/c1-20(10-5-9-16(22)21-11-4-6-13(18)12-21)17-14-7-2-3-8-15(14)25(23,24)19-17/h2-3,7-8,13H,4-6,9-12,18H2,1H3. The molecule has 136 valence electrons. The number of nitrogens with two attached hydrogens (primary N) is 1. The maximum absolute atomic E-state index is 12.3. The predicted octanol–water partition coefficient (Wildman–Crippen LogP) is 0.797. The van der Waals surface area contributed by atoms with Crippen molar-refractivity contribution in [1.82, 2.24) is 9.80 Å². The summed E-state index contributed by atoms with van der Waals surface area (Å²) in [6.07, 6.45) is 3.00. The molecule has 8 heteroatoms. The Morgan fingerprint density at radius 3 is 2.92 bits per heavy atom. The quantitative estimate of drug-likeness (QED) is 0.852. The lowest BCUT2D eigenvalue weighted by atomic mass is 10.1. The molecule has 1 aromatic rings. The number of fused-ring (bicyclic) bond motifs is 1. The zero-order chi connectivity index (χ0) is 18.0. The van der Waals surface area contributed by atoms with Crippen LogP contribution in [0, 0.1) is 0 Å². The van der Waals surface area contributed by atoms with E-state index in [2.05, 4.69) is 4.40 Å². The van der Waals surface area contributed by atoms with Crippen molar-refractivity contribution in [3.63, 3.8) is 0 Å². The molecule has 1 atom stereocenters. The van der Waals surface area contributed by atoms with Crippen LogP contribution in [0.1, 0.15) is 31.2 Å². The number of amidine groups is 1. The van der Waals surface area contributed by atoms with Crippen LogP contribution < -0.4 is 5.73 Å². The highest BCUT2D eigenvalue weighted by molar-refractivity contribution is 7.90. The second kappa shape index (κ2) is 7.13. The van der Waals surface area contributed by atoms with Gasteiger partial charge in [0.15, 0.2) is 0 Å². The van der Waals surface area contributed by atoms with E-state index in [4.69, 9.17) is 5.73 Å². The van der Waals surface area contributed by atoms with Crippen molar-refractivity contribution in [3.8, 4) is 0 Å². The molecule has 1 unspecified atom stereocenters. The van der Waals surface area contributed by atoms with Crippen molar-refractivity contribution >= 4 is 21.8 Å². The summed E-state index contributed by atoms with van der Waals surface area (Å²) in [7, 11) is -1.80. The van der Waals surface area contributed by atoms with Gasteiger partial charge in [-0.05, 0) is 31.4 Å². The zero-order valence-electron chi connectivity index (χ0n) is 14.4. The van der Waals surface area contributed by atoms with Crippen LogP contribution in [0.3, 0.4) is 0 Å². The van der Waals surface area contributed by atoms with E-state index in [9.17, 15) is 13.2 Å². The Hall–Kier alpha value is -1.93. The number of amides is 1. The first kappa shape index (κ1) is 17.9. The highest BCUT2D eigenvalue weighted by Crippen LogP contribution is 2.27. The molecule has 2 N–H and O–H groups in total. The molecule has 0 aliphatic carbocycles. The molecule has 0 aromatic heterocycles. The summed E-state index contributed by atoms with van der Waals surface area (Å²) in [6, 6.07) is 6.89. The van der Waals surface area contributed by atoms with E-state index in [-0.39, 0.29) is 16.8 Å². The lowest BCUT2D eigenvalue weighted by molar-refractivity contribution is -0.132. The van der Waals surface area contributed by atoms with Gasteiger partial charge < -0.3 is 15.5 Å². The first-order chi connectivity index (χ1) is 11.9. The third kappa shape index (κ3) is 3.85. The minimum absolute atomic E-state index is 0.0786. The fraction of sp³-hybridized carbons (Fsp3) is 0.529. The normalized spacial score (nSPS) is 21.6. The Kier molecular flexibility index (Phi) is 5.10. The fourth-order valence-electron chi connectivity index (χ4n) is 3.33. The molecule has 2 heterocycles. The van der Waals surface area contributed by atoms with Crippen LogP contribution in [-0.4, -0.2) is 62.7 Å². The minimum atomic E-state index is -3.61. The number of hydrogen-bond acceptors (Lipinski definition) is 5. The number of benzene rings is 1. The average molecular weight is 364 g/mol. The second-order valence-corrected chi connectivity index (χ2v) is 8.23. The van der Waals surface area contributed by atoms with E-state index in [0.717, 1.165) is 19.4 Å². The molecular weight excluding hydrogens is 340 g/mol. The van der Waals surface area contributed by atoms with Crippen molar-refractivity contribution in [2.75, 3.05) is 26.7 Å². The molecule has 0 saturated carbocycles. The molecular formula is C17H24N4O3S. The van der Waals surface area contributed by atoms with E-state index in [1.807, 2.05) is 4.90 Å². The smallest absolute Gasteiger partial charge is 0.285 e. The lowest BCUT2D eigenvalue weighted by Gasteiger charge is -2.31. The van der Waals surface area contributed by atoms with Gasteiger partial charge in [-0.2, -0.15) is 8.42 Å². The van der Waals surface area contributed by atoms with Crippen LogP contribution in [0.5, 0.6) is 0 Å². The number of likely N-dealkylation sites (tertiary alicyclic amines) is 1. The third-order valence-electron chi connectivity index (χ3n) is 4.67. The van der Waals surface area contributed by atoms with Crippen LogP contribution in [-0.2, 0) is 14.8 Å². The number of carbonyl (C=O) groups excluding carboxylic acids is 1. The number of carbonyl (C=O) groups is 1. The van der Waals surface area contributed by atoms with Gasteiger partial charge in [0.1, 0.15) is 10.7 Å². The van der Waals surface area contributed by atoms with E-state index in [0.29, 0.717) is 37.3 Å². The molecule has 3 rings (SSSR count). The number of sulfonamides is 1. The Morgan fingerprint density at radius 1 is 1.40 bits per heavy atom. The van der Waals surface area contributed by atoms with Crippen molar-refractivity contribution in [1.29, 1.82) is 0 Å². The molecule has 2 aliphatic rings. The van der Waals surface area contributed by atoms with Crippen LogP contribution in [0.2, 0.25) is 0 Å². The van der Waals surface area contributed by atoms with Gasteiger partial charge in [0.25, 0.3) is 10.0 Å². The highest BCUT2D eigenvalue weighted by atomic mass is 32.2. The first-order valence-corrected chi connectivity index (χ1v) is 10.0. The lowest BCUT2D eigenvalue weighted by Crippen LogP contribution is -2.45. The van der Waals surface area contributed by atoms with Gasteiger partial charge in [-0.15, -0.1) is 4.40 Å². The number of piperidine rings is 1. The van der Waals surface area contributed by atoms with Gasteiger partial charge in [-0.3, -0.25) is 4.79 Å². The zero-order valence-corrected chi connectivity index (χ0v) is 15.2. The van der Waals surface area contributed by atoms with Crippen LogP contribution in [0.4, 0.5) is 0 Å². The maximum Gasteiger partial charge on any atom is 0.285 e. The van der Waals surface area contributed by atoms with Gasteiger partial charge in [0, 0.05) is 44.7 Å². The summed E-state index contributed by atoms with van der Waals surface area (Å²) < 4.78 is 28.1. The summed E-state index contributed by atoms with van der Waals surface area (Å²) in [5, 5.41) is 0. The summed E-state index contributed by atoms with van der Waals surface area (Å²) >= 11 is 0. The van der Waals surface area contributed by atoms with Crippen LogP contribution in [0.25, 0.3) is 0 Å². The Bertz CT molecular complexity index is 791. The number of nitrogens with zero attached hydrogens (tertiary/aromatic N) is 3. The first-order valence-electron chi connectivity index (χ1n) is 8.57. The maximum atomic E-state index is 12.3. The largest absolute Gasteiger partial charge is 0.358 e. The molecule has 1 aromatic carbocycles. The topological polar surface area (TPSA) is 96.1 Å². The summed E-state index contributed by atoms with van der Waals surface area (Å²) in [5.41, 5.74) is 6.54. The highest BCUT2D eigenvalue weighted by Gasteiger charge is 2.30. The van der Waals surface area contributed by atoms with Crippen molar-refractivity contribution < 1.29 is 13.2 Å². The van der Waals surface area contributed by atoms with Crippen LogP contribution >= 0.6 is 0 Å². The fourth-order valence-corrected chi connectivity index (χ4v) is 4.58. The summed E-state index contributed by atoms with van der Waals surface area (Å²) in [5.74, 6) is 0.563. The van der Waals surface area contributed by atoms with E-state index in [1.54, 1.807) is 36.2 Å². The van der Waals surface area contributed by atoms with Gasteiger partial charge in [0.05, 0.1) is 0 Å². The summed E-state index contributed by atoms with van der Waals surface area (Å²) in [6.45, 7) is 1.97. The van der Waals surface area contributed by atoms with Gasteiger partial charge in [0.2, 0.25) is 5.91 Å². The molecule has 0 bridgehead atoms. The minimum Gasteiger partial charge on any atom is -0.358 e. The third-order valence-corrected chi connectivity index (χ3v) is 5.99. The number of hydrogen-bond donors (Lipinski definition) is 1.